The van der Waals surface area contributed by atoms with Gasteiger partial charge in [-0.2, -0.15) is 0 Å². The molecular weight excluding hydrogens is 369 g/mol. The van der Waals surface area contributed by atoms with Gasteiger partial charge in [-0.1, -0.05) is 30.3 Å². The zero-order valence-corrected chi connectivity index (χ0v) is 14.8. The van der Waals surface area contributed by atoms with Crippen LogP contribution < -0.4 is 0 Å². The number of rotatable bonds is 4. The van der Waals surface area contributed by atoms with Crippen molar-refractivity contribution in [2.75, 3.05) is 6.54 Å². The Bertz CT molecular complexity index is 973. The van der Waals surface area contributed by atoms with Crippen LogP contribution in [0.25, 0.3) is 0 Å². The highest BCUT2D eigenvalue weighted by atomic mass is 19.3. The molecule has 2 heterocycles. The van der Waals surface area contributed by atoms with Crippen molar-refractivity contribution >= 4 is 5.91 Å². The van der Waals surface area contributed by atoms with Crippen LogP contribution in [0.15, 0.2) is 60.9 Å². The van der Waals surface area contributed by atoms with E-state index in [9.17, 15) is 18.0 Å². The average Bonchev–Trinajstić information content (AvgIpc) is 3.27. The second-order valence-electron chi connectivity index (χ2n) is 6.82. The van der Waals surface area contributed by atoms with E-state index in [2.05, 4.69) is 10.2 Å². The van der Waals surface area contributed by atoms with Crippen molar-refractivity contribution in [1.82, 2.24) is 19.7 Å². The number of hydrogen-bond acceptors (Lipinski definition) is 3. The zero-order chi connectivity index (χ0) is 19.7. The second kappa shape index (κ2) is 7.10. The molecule has 144 valence electrons. The third kappa shape index (κ3) is 3.62. The Hall–Kier alpha value is -3.16. The van der Waals surface area contributed by atoms with E-state index < -0.39 is 30.8 Å². The van der Waals surface area contributed by atoms with Crippen molar-refractivity contribution in [2.45, 2.75) is 24.9 Å². The molecule has 0 saturated carbocycles. The fraction of sp³-hybridized carbons (Fsp3) is 0.250. The molecular formula is C20H17F3N4O. The maximum absolute atomic E-state index is 14.2. The maximum Gasteiger partial charge on any atom is 0.267 e. The van der Waals surface area contributed by atoms with E-state index in [0.29, 0.717) is 5.56 Å². The monoisotopic (exact) mass is 386 g/mol. The molecule has 1 aromatic heterocycles. The Morgan fingerprint density at radius 1 is 1.11 bits per heavy atom. The predicted molar refractivity (Wildman–Crippen MR) is 95.3 cm³/mol. The Morgan fingerprint density at radius 2 is 1.82 bits per heavy atom. The summed E-state index contributed by atoms with van der Waals surface area (Å²) in [6.07, 6.45) is 0.911. The molecule has 1 saturated heterocycles. The number of carbonyl (C=O) groups excluding carboxylic acids is 1. The molecule has 1 fully saturated rings. The van der Waals surface area contributed by atoms with Gasteiger partial charge in [-0.05, 0) is 29.8 Å². The van der Waals surface area contributed by atoms with Gasteiger partial charge in [0.15, 0.2) is 5.82 Å². The molecule has 2 aromatic carbocycles. The third-order valence-corrected chi connectivity index (χ3v) is 4.76. The highest BCUT2D eigenvalue weighted by molar-refractivity contribution is 5.94. The first-order valence-electron chi connectivity index (χ1n) is 8.79. The van der Waals surface area contributed by atoms with Crippen molar-refractivity contribution in [2.24, 2.45) is 0 Å². The molecule has 1 aliphatic rings. The average molecular weight is 386 g/mol. The summed E-state index contributed by atoms with van der Waals surface area (Å²) in [7, 11) is 0. The highest BCUT2D eigenvalue weighted by Gasteiger charge is 2.49. The normalized spacial score (nSPS) is 18.4. The Morgan fingerprint density at radius 3 is 2.54 bits per heavy atom. The third-order valence-electron chi connectivity index (χ3n) is 4.76. The van der Waals surface area contributed by atoms with Crippen LogP contribution in [-0.4, -0.2) is 38.0 Å². The van der Waals surface area contributed by atoms with Gasteiger partial charge in [0.1, 0.15) is 12.1 Å². The molecule has 1 amide bonds. The second-order valence-corrected chi connectivity index (χ2v) is 6.82. The summed E-state index contributed by atoms with van der Waals surface area (Å²) < 4.78 is 43.2. The lowest BCUT2D eigenvalue weighted by Gasteiger charge is -2.24. The number of benzene rings is 2. The summed E-state index contributed by atoms with van der Waals surface area (Å²) in [6.45, 7) is -0.382. The zero-order valence-electron chi connectivity index (χ0n) is 14.8. The quantitative estimate of drug-likeness (QED) is 0.687. The van der Waals surface area contributed by atoms with Gasteiger partial charge in [-0.15, -0.1) is 10.2 Å². The maximum atomic E-state index is 14.2. The first kappa shape index (κ1) is 18.2. The Labute approximate surface area is 159 Å². The summed E-state index contributed by atoms with van der Waals surface area (Å²) in [5.41, 5.74) is 1.11. The van der Waals surface area contributed by atoms with Gasteiger partial charge in [-0.25, -0.2) is 13.2 Å². The predicted octanol–water partition coefficient (Wildman–Crippen LogP) is 3.69. The van der Waals surface area contributed by atoms with E-state index in [1.165, 1.54) is 18.5 Å². The van der Waals surface area contributed by atoms with E-state index in [4.69, 9.17) is 0 Å². The number of likely N-dealkylation sites (tertiary alicyclic amines) is 1. The SMILES string of the molecule is O=C(c1ccccc1)N1CC(F)(F)C[C@H]1c1nncn1Cc1ccc(F)cc1. The van der Waals surface area contributed by atoms with E-state index in [1.807, 2.05) is 0 Å². The molecule has 4 rings (SSSR count). The van der Waals surface area contributed by atoms with Crippen molar-refractivity contribution in [3.63, 3.8) is 0 Å². The lowest BCUT2D eigenvalue weighted by atomic mass is 10.1. The number of aromatic nitrogens is 3. The van der Waals surface area contributed by atoms with Crippen LogP contribution in [0, 0.1) is 5.82 Å². The minimum Gasteiger partial charge on any atom is -0.322 e. The lowest BCUT2D eigenvalue weighted by molar-refractivity contribution is 0.0117. The number of nitrogens with zero attached hydrogens (tertiary/aromatic N) is 4. The minimum atomic E-state index is -3.01. The van der Waals surface area contributed by atoms with Gasteiger partial charge in [-0.3, -0.25) is 4.79 Å². The van der Waals surface area contributed by atoms with Gasteiger partial charge in [0.25, 0.3) is 11.8 Å². The number of alkyl halides is 2. The van der Waals surface area contributed by atoms with Crippen LogP contribution in [-0.2, 0) is 6.54 Å². The number of carbonyl (C=O) groups is 1. The van der Waals surface area contributed by atoms with Gasteiger partial charge >= 0.3 is 0 Å². The molecule has 1 atom stereocenters. The van der Waals surface area contributed by atoms with Gasteiger partial charge < -0.3 is 9.47 Å². The summed E-state index contributed by atoms with van der Waals surface area (Å²) in [6, 6.07) is 13.3. The molecule has 0 aliphatic carbocycles. The Balaban J connectivity index is 1.64. The van der Waals surface area contributed by atoms with Gasteiger partial charge in [0.2, 0.25) is 0 Å². The standard InChI is InChI=1S/C20H17F3N4O/c21-16-8-6-14(7-9-16)11-26-13-24-25-18(26)17-10-20(22,23)12-27(17)19(28)15-4-2-1-3-5-15/h1-9,13,17H,10-12H2/t17-/m0/s1. The van der Waals surface area contributed by atoms with Crippen molar-refractivity contribution in [3.05, 3.63) is 83.7 Å². The molecule has 0 unspecified atom stereocenters. The van der Waals surface area contributed by atoms with E-state index in [0.717, 1.165) is 10.5 Å². The van der Waals surface area contributed by atoms with E-state index in [-0.39, 0.29) is 18.2 Å². The Kier molecular flexibility index (Phi) is 4.62. The van der Waals surface area contributed by atoms with Gasteiger partial charge in [0.05, 0.1) is 19.1 Å². The van der Waals surface area contributed by atoms with E-state index >= 15 is 0 Å². The largest absolute Gasteiger partial charge is 0.322 e. The summed E-state index contributed by atoms with van der Waals surface area (Å²) in [5, 5.41) is 7.87. The smallest absolute Gasteiger partial charge is 0.267 e. The molecule has 0 spiro atoms. The topological polar surface area (TPSA) is 51.0 Å². The molecule has 28 heavy (non-hydrogen) atoms. The fourth-order valence-electron chi connectivity index (χ4n) is 3.44. The number of halogens is 3. The lowest BCUT2D eigenvalue weighted by Crippen LogP contribution is -2.34. The minimum absolute atomic E-state index is 0.283. The van der Waals surface area contributed by atoms with Crippen LogP contribution >= 0.6 is 0 Å². The fourth-order valence-corrected chi connectivity index (χ4v) is 3.44. The molecule has 0 N–H and O–H groups in total. The number of amides is 1. The van der Waals surface area contributed by atoms with Gasteiger partial charge in [0, 0.05) is 12.0 Å². The van der Waals surface area contributed by atoms with Crippen molar-refractivity contribution in [3.8, 4) is 0 Å². The molecule has 0 bridgehead atoms. The first-order valence-corrected chi connectivity index (χ1v) is 8.79. The van der Waals surface area contributed by atoms with Crippen LogP contribution in [0.1, 0.15) is 34.2 Å². The van der Waals surface area contributed by atoms with Crippen LogP contribution in [0.4, 0.5) is 13.2 Å². The summed E-state index contributed by atoms with van der Waals surface area (Å²) in [5.74, 6) is -3.56. The molecule has 1 aliphatic heterocycles. The van der Waals surface area contributed by atoms with Crippen LogP contribution in [0.2, 0.25) is 0 Å². The number of hydrogen-bond donors (Lipinski definition) is 0. The molecule has 8 heteroatoms. The van der Waals surface area contributed by atoms with Crippen molar-refractivity contribution < 1.29 is 18.0 Å². The first-order chi connectivity index (χ1) is 13.4. The van der Waals surface area contributed by atoms with Crippen LogP contribution in [0.3, 0.4) is 0 Å². The molecule has 5 nitrogen and oxygen atoms in total. The molecule has 3 aromatic rings. The molecule has 0 radical (unpaired) electrons. The van der Waals surface area contributed by atoms with E-state index in [1.54, 1.807) is 47.0 Å². The van der Waals surface area contributed by atoms with Crippen LogP contribution in [0.5, 0.6) is 0 Å². The summed E-state index contributed by atoms with van der Waals surface area (Å²) in [4.78, 5) is 14.0. The highest BCUT2D eigenvalue weighted by Crippen LogP contribution is 2.41. The van der Waals surface area contributed by atoms with Crippen molar-refractivity contribution in [1.29, 1.82) is 0 Å². The summed E-state index contributed by atoms with van der Waals surface area (Å²) >= 11 is 0.